The van der Waals surface area contributed by atoms with Crippen LogP contribution in [0.3, 0.4) is 0 Å². The number of hydrogen-bond acceptors (Lipinski definition) is 3. The molecule has 0 aliphatic heterocycles. The Bertz CT molecular complexity index is 378. The summed E-state index contributed by atoms with van der Waals surface area (Å²) in [4.78, 5) is 0. The Kier molecular flexibility index (Phi) is 3.06. The Morgan fingerprint density at radius 3 is 2.69 bits per heavy atom. The minimum Gasteiger partial charge on any atom is -0.508 e. The van der Waals surface area contributed by atoms with Crippen LogP contribution < -0.4 is 5.32 Å². The van der Waals surface area contributed by atoms with Gasteiger partial charge >= 0.3 is 0 Å². The zero-order valence-electron chi connectivity index (χ0n) is 9.77. The average molecular weight is 221 g/mol. The first-order valence-electron chi connectivity index (χ1n) is 5.83. The first-order valence-corrected chi connectivity index (χ1v) is 5.83. The normalized spacial score (nSPS) is 25.4. The summed E-state index contributed by atoms with van der Waals surface area (Å²) in [6, 6.07) is 4.87. The molecule has 0 amide bonds. The molecule has 0 bridgehead atoms. The van der Waals surface area contributed by atoms with E-state index in [-0.39, 0.29) is 17.5 Å². The van der Waals surface area contributed by atoms with Crippen molar-refractivity contribution in [2.24, 2.45) is 11.8 Å². The Labute approximate surface area is 96.1 Å². The van der Waals surface area contributed by atoms with Crippen LogP contribution in [0.5, 0.6) is 11.5 Å². The molecule has 88 valence electrons. The fourth-order valence-corrected chi connectivity index (χ4v) is 2.02. The van der Waals surface area contributed by atoms with Crippen molar-refractivity contribution in [2.45, 2.75) is 26.3 Å². The quantitative estimate of drug-likeness (QED) is 0.731. The van der Waals surface area contributed by atoms with E-state index >= 15 is 0 Å². The molecular formula is C13H19NO2. The summed E-state index contributed by atoms with van der Waals surface area (Å²) in [7, 11) is 0. The van der Waals surface area contributed by atoms with Crippen LogP contribution in [-0.4, -0.2) is 16.8 Å². The average Bonchev–Trinajstić information content (AvgIpc) is 2.91. The largest absolute Gasteiger partial charge is 0.508 e. The van der Waals surface area contributed by atoms with E-state index in [9.17, 15) is 10.2 Å². The van der Waals surface area contributed by atoms with Crippen molar-refractivity contribution in [1.82, 2.24) is 5.32 Å². The van der Waals surface area contributed by atoms with Crippen LogP contribution in [0.1, 0.15) is 31.9 Å². The first kappa shape index (κ1) is 11.3. The third kappa shape index (κ3) is 2.47. The van der Waals surface area contributed by atoms with E-state index in [0.29, 0.717) is 0 Å². The van der Waals surface area contributed by atoms with Gasteiger partial charge in [0.05, 0.1) is 0 Å². The van der Waals surface area contributed by atoms with E-state index in [0.717, 1.165) is 23.9 Å². The lowest BCUT2D eigenvalue weighted by atomic mass is 10.1. The Hall–Kier alpha value is -1.22. The van der Waals surface area contributed by atoms with Gasteiger partial charge in [-0.25, -0.2) is 0 Å². The zero-order chi connectivity index (χ0) is 11.7. The molecule has 1 aromatic rings. The molecule has 0 saturated heterocycles. The van der Waals surface area contributed by atoms with Gasteiger partial charge in [0, 0.05) is 17.7 Å². The highest BCUT2D eigenvalue weighted by atomic mass is 16.3. The van der Waals surface area contributed by atoms with Gasteiger partial charge in [0.15, 0.2) is 0 Å². The molecule has 0 radical (unpaired) electrons. The number of nitrogens with one attached hydrogen (secondary N) is 1. The van der Waals surface area contributed by atoms with Gasteiger partial charge < -0.3 is 15.5 Å². The molecule has 3 nitrogen and oxygen atoms in total. The molecule has 3 N–H and O–H groups in total. The Morgan fingerprint density at radius 2 is 2.12 bits per heavy atom. The van der Waals surface area contributed by atoms with Crippen molar-refractivity contribution >= 4 is 0 Å². The predicted molar refractivity (Wildman–Crippen MR) is 63.5 cm³/mol. The molecule has 1 saturated carbocycles. The summed E-state index contributed by atoms with van der Waals surface area (Å²) in [6.07, 6.45) is 1.31. The number of hydrogen-bond donors (Lipinski definition) is 3. The van der Waals surface area contributed by atoms with Gasteiger partial charge in [0.25, 0.3) is 0 Å². The highest BCUT2D eigenvalue weighted by Crippen LogP contribution is 2.37. The van der Waals surface area contributed by atoms with E-state index in [2.05, 4.69) is 12.2 Å². The zero-order valence-corrected chi connectivity index (χ0v) is 9.77. The minimum atomic E-state index is 0.101. The lowest BCUT2D eigenvalue weighted by Crippen LogP contribution is -2.21. The number of phenolic OH excluding ortho intramolecular Hbond substituents is 2. The van der Waals surface area contributed by atoms with E-state index in [1.54, 1.807) is 12.1 Å². The van der Waals surface area contributed by atoms with E-state index in [4.69, 9.17) is 0 Å². The molecule has 16 heavy (non-hydrogen) atoms. The second kappa shape index (κ2) is 4.34. The molecule has 1 fully saturated rings. The minimum absolute atomic E-state index is 0.101. The van der Waals surface area contributed by atoms with Gasteiger partial charge in [-0.3, -0.25) is 0 Å². The van der Waals surface area contributed by atoms with Crippen LogP contribution >= 0.6 is 0 Å². The van der Waals surface area contributed by atoms with E-state index in [1.165, 1.54) is 12.5 Å². The van der Waals surface area contributed by atoms with Crippen molar-refractivity contribution < 1.29 is 10.2 Å². The molecule has 0 aromatic heterocycles. The van der Waals surface area contributed by atoms with Crippen LogP contribution in [0.25, 0.3) is 0 Å². The molecule has 1 aliphatic rings. The summed E-state index contributed by atoms with van der Waals surface area (Å²) in [5, 5.41) is 22.3. The van der Waals surface area contributed by atoms with Gasteiger partial charge in [0.2, 0.25) is 0 Å². The summed E-state index contributed by atoms with van der Waals surface area (Å²) in [5.41, 5.74) is 0.839. The van der Waals surface area contributed by atoms with Crippen molar-refractivity contribution in [1.29, 1.82) is 0 Å². The molecule has 0 heterocycles. The monoisotopic (exact) mass is 221 g/mol. The van der Waals surface area contributed by atoms with E-state index in [1.807, 2.05) is 6.92 Å². The molecular weight excluding hydrogens is 202 g/mol. The summed E-state index contributed by atoms with van der Waals surface area (Å²) in [6.45, 7) is 5.29. The molecule has 2 rings (SSSR count). The van der Waals surface area contributed by atoms with Gasteiger partial charge in [-0.15, -0.1) is 0 Å². The highest BCUT2D eigenvalue weighted by molar-refractivity contribution is 5.40. The molecule has 0 spiro atoms. The number of phenols is 2. The van der Waals surface area contributed by atoms with Crippen molar-refractivity contribution in [2.75, 3.05) is 6.54 Å². The Morgan fingerprint density at radius 1 is 1.44 bits per heavy atom. The van der Waals surface area contributed by atoms with Gasteiger partial charge in [-0.1, -0.05) is 13.0 Å². The third-order valence-corrected chi connectivity index (χ3v) is 3.44. The molecule has 3 heteroatoms. The lowest BCUT2D eigenvalue weighted by molar-refractivity contribution is 0.434. The van der Waals surface area contributed by atoms with Crippen LogP contribution in [0.4, 0.5) is 0 Å². The smallest absolute Gasteiger partial charge is 0.124 e. The van der Waals surface area contributed by atoms with Crippen molar-refractivity contribution in [3.8, 4) is 11.5 Å². The topological polar surface area (TPSA) is 52.5 Å². The SMILES string of the molecule is CC(NCC1CC1C)c1ccc(O)cc1O. The number of aromatic hydroxyl groups is 2. The fourth-order valence-electron chi connectivity index (χ4n) is 2.02. The van der Waals surface area contributed by atoms with Gasteiger partial charge in [0.1, 0.15) is 11.5 Å². The van der Waals surface area contributed by atoms with Crippen molar-refractivity contribution in [3.63, 3.8) is 0 Å². The van der Waals surface area contributed by atoms with Crippen LogP contribution in [0, 0.1) is 11.8 Å². The predicted octanol–water partition coefficient (Wildman–Crippen LogP) is 2.40. The third-order valence-electron chi connectivity index (χ3n) is 3.44. The van der Waals surface area contributed by atoms with Crippen molar-refractivity contribution in [3.05, 3.63) is 23.8 Å². The number of benzene rings is 1. The summed E-state index contributed by atoms with van der Waals surface area (Å²) < 4.78 is 0. The molecule has 3 unspecified atom stereocenters. The fraction of sp³-hybridized carbons (Fsp3) is 0.538. The standard InChI is InChI=1S/C13H19NO2/c1-8-5-10(8)7-14-9(2)12-4-3-11(15)6-13(12)16/h3-4,6,8-10,14-16H,5,7H2,1-2H3. The second-order valence-corrected chi connectivity index (χ2v) is 4.85. The van der Waals surface area contributed by atoms with Crippen LogP contribution in [0.15, 0.2) is 18.2 Å². The van der Waals surface area contributed by atoms with Gasteiger partial charge in [-0.05, 0) is 37.8 Å². The second-order valence-electron chi connectivity index (χ2n) is 4.85. The van der Waals surface area contributed by atoms with E-state index < -0.39 is 0 Å². The summed E-state index contributed by atoms with van der Waals surface area (Å²) >= 11 is 0. The van der Waals surface area contributed by atoms with Gasteiger partial charge in [-0.2, -0.15) is 0 Å². The number of rotatable bonds is 4. The molecule has 1 aromatic carbocycles. The summed E-state index contributed by atoms with van der Waals surface area (Å²) in [5.74, 6) is 1.89. The molecule has 1 aliphatic carbocycles. The first-order chi connectivity index (χ1) is 7.58. The maximum atomic E-state index is 9.69. The highest BCUT2D eigenvalue weighted by Gasteiger charge is 2.32. The lowest BCUT2D eigenvalue weighted by Gasteiger charge is -2.15. The molecule has 3 atom stereocenters. The maximum Gasteiger partial charge on any atom is 0.124 e. The van der Waals surface area contributed by atoms with Crippen LogP contribution in [0.2, 0.25) is 0 Å². The van der Waals surface area contributed by atoms with Crippen LogP contribution in [-0.2, 0) is 0 Å². The maximum absolute atomic E-state index is 9.69. The Balaban J connectivity index is 1.94.